The zero-order valence-electron chi connectivity index (χ0n) is 11.8. The molecule has 3 aromatic rings. The Labute approximate surface area is 150 Å². The second-order valence-electron chi connectivity index (χ2n) is 4.73. The Balaban J connectivity index is 1.86. The summed E-state index contributed by atoms with van der Waals surface area (Å²) < 4.78 is 1.70. The fraction of sp³-hybridized carbons (Fsp3) is 0. The Bertz CT molecular complexity index is 868. The molecule has 0 fully saturated rings. The van der Waals surface area contributed by atoms with E-state index in [1.807, 2.05) is 42.5 Å². The molecule has 0 aliphatic heterocycles. The van der Waals surface area contributed by atoms with Crippen molar-refractivity contribution in [2.24, 2.45) is 0 Å². The van der Waals surface area contributed by atoms with E-state index in [2.05, 4.69) is 47.1 Å². The maximum Gasteiger partial charge on any atom is 0.257 e. The maximum atomic E-state index is 12.3. The van der Waals surface area contributed by atoms with Gasteiger partial charge >= 0.3 is 0 Å². The van der Waals surface area contributed by atoms with Crippen LogP contribution in [0.2, 0.25) is 0 Å². The average Bonchev–Trinajstić information content (AvgIpc) is 2.55. The topological polar surface area (TPSA) is 54.9 Å². The molecular formula is C17H11Br2N3O. The lowest BCUT2D eigenvalue weighted by Gasteiger charge is -2.07. The summed E-state index contributed by atoms with van der Waals surface area (Å²) in [5.74, 6) is 0.229. The largest absolute Gasteiger partial charge is 0.306 e. The number of nitrogens with one attached hydrogen (secondary N) is 1. The van der Waals surface area contributed by atoms with Crippen LogP contribution in [0.1, 0.15) is 10.4 Å². The number of hydrogen-bond acceptors (Lipinski definition) is 3. The summed E-state index contributed by atoms with van der Waals surface area (Å²) in [4.78, 5) is 20.7. The molecule has 0 radical (unpaired) electrons. The Morgan fingerprint density at radius 3 is 2.57 bits per heavy atom. The van der Waals surface area contributed by atoms with Crippen molar-refractivity contribution in [3.05, 3.63) is 75.4 Å². The Kier molecular flexibility index (Phi) is 4.83. The maximum absolute atomic E-state index is 12.3. The van der Waals surface area contributed by atoms with Crippen molar-refractivity contribution in [2.75, 3.05) is 5.32 Å². The minimum Gasteiger partial charge on any atom is -0.306 e. The first-order valence-electron chi connectivity index (χ1n) is 6.77. The lowest BCUT2D eigenvalue weighted by atomic mass is 10.1. The third kappa shape index (κ3) is 3.83. The smallest absolute Gasteiger partial charge is 0.257 e. The van der Waals surface area contributed by atoms with E-state index < -0.39 is 0 Å². The number of amides is 1. The summed E-state index contributed by atoms with van der Waals surface area (Å²) in [6.07, 6.45) is 1.44. The number of benzene rings is 2. The Hall–Kier alpha value is -2.05. The molecule has 1 heterocycles. The van der Waals surface area contributed by atoms with Crippen molar-refractivity contribution in [3.8, 4) is 11.3 Å². The third-order valence-electron chi connectivity index (χ3n) is 3.15. The Morgan fingerprint density at radius 1 is 0.957 bits per heavy atom. The van der Waals surface area contributed by atoms with E-state index in [0.717, 1.165) is 20.2 Å². The minimum atomic E-state index is -0.226. The number of carbonyl (C=O) groups is 1. The summed E-state index contributed by atoms with van der Waals surface area (Å²) >= 11 is 6.81. The van der Waals surface area contributed by atoms with Crippen molar-refractivity contribution in [2.45, 2.75) is 0 Å². The van der Waals surface area contributed by atoms with Gasteiger partial charge in [-0.15, -0.1) is 0 Å². The van der Waals surface area contributed by atoms with Gasteiger partial charge in [-0.3, -0.25) is 4.79 Å². The van der Waals surface area contributed by atoms with E-state index in [-0.39, 0.29) is 5.91 Å². The number of nitrogens with zero attached hydrogens (tertiary/aromatic N) is 2. The van der Waals surface area contributed by atoms with Crippen LogP contribution >= 0.6 is 31.9 Å². The molecule has 4 nitrogen and oxygen atoms in total. The van der Waals surface area contributed by atoms with E-state index in [1.165, 1.54) is 6.33 Å². The number of aromatic nitrogens is 2. The second kappa shape index (κ2) is 7.02. The molecule has 0 aliphatic rings. The number of rotatable bonds is 3. The molecular weight excluding hydrogens is 422 g/mol. The van der Waals surface area contributed by atoms with Crippen LogP contribution in [0.25, 0.3) is 11.3 Å². The van der Waals surface area contributed by atoms with Gasteiger partial charge in [0, 0.05) is 20.6 Å². The molecule has 0 atom stereocenters. The summed E-state index contributed by atoms with van der Waals surface area (Å²) in [7, 11) is 0. The SMILES string of the molecule is O=C(Nc1cc(-c2cccc(Br)c2)ncn1)c1ccccc1Br. The quantitative estimate of drug-likeness (QED) is 0.638. The van der Waals surface area contributed by atoms with E-state index in [9.17, 15) is 4.79 Å². The van der Waals surface area contributed by atoms with E-state index in [0.29, 0.717) is 11.4 Å². The van der Waals surface area contributed by atoms with Crippen LogP contribution in [0.4, 0.5) is 5.82 Å². The normalized spacial score (nSPS) is 10.3. The van der Waals surface area contributed by atoms with Crippen LogP contribution < -0.4 is 5.32 Å². The first kappa shape index (κ1) is 15.8. The molecule has 6 heteroatoms. The first-order chi connectivity index (χ1) is 11.1. The van der Waals surface area contributed by atoms with Crippen LogP contribution in [-0.2, 0) is 0 Å². The van der Waals surface area contributed by atoms with Crippen LogP contribution in [0.15, 0.2) is 69.9 Å². The molecule has 1 amide bonds. The van der Waals surface area contributed by atoms with Crippen LogP contribution in [0.5, 0.6) is 0 Å². The monoisotopic (exact) mass is 431 g/mol. The minimum absolute atomic E-state index is 0.226. The average molecular weight is 433 g/mol. The van der Waals surface area contributed by atoms with E-state index in [4.69, 9.17) is 0 Å². The van der Waals surface area contributed by atoms with Gasteiger partial charge in [-0.1, -0.05) is 40.2 Å². The highest BCUT2D eigenvalue weighted by molar-refractivity contribution is 9.10. The number of carbonyl (C=O) groups excluding carboxylic acids is 1. The van der Waals surface area contributed by atoms with Crippen molar-refractivity contribution in [1.29, 1.82) is 0 Å². The van der Waals surface area contributed by atoms with Crippen molar-refractivity contribution in [1.82, 2.24) is 9.97 Å². The fourth-order valence-corrected chi connectivity index (χ4v) is 2.92. The molecule has 0 aliphatic carbocycles. The van der Waals surface area contributed by atoms with Crippen LogP contribution in [0.3, 0.4) is 0 Å². The highest BCUT2D eigenvalue weighted by Crippen LogP contribution is 2.23. The Morgan fingerprint density at radius 2 is 1.78 bits per heavy atom. The van der Waals surface area contributed by atoms with Gasteiger partial charge in [-0.2, -0.15) is 0 Å². The summed E-state index contributed by atoms with van der Waals surface area (Å²) in [5, 5.41) is 2.79. The molecule has 0 saturated heterocycles. The third-order valence-corrected chi connectivity index (χ3v) is 4.33. The standard InChI is InChI=1S/C17H11Br2N3O/c18-12-5-3-4-11(8-12)15-9-16(21-10-20-15)22-17(23)13-6-1-2-7-14(13)19/h1-10H,(H,20,21,22,23). The van der Waals surface area contributed by atoms with Gasteiger partial charge in [-0.05, 0) is 40.2 Å². The van der Waals surface area contributed by atoms with Gasteiger partial charge in [0.05, 0.1) is 11.3 Å². The molecule has 0 bridgehead atoms. The van der Waals surface area contributed by atoms with Gasteiger partial charge in [0.2, 0.25) is 0 Å². The fourth-order valence-electron chi connectivity index (χ4n) is 2.06. The van der Waals surface area contributed by atoms with Crippen molar-refractivity contribution < 1.29 is 4.79 Å². The molecule has 3 rings (SSSR count). The molecule has 23 heavy (non-hydrogen) atoms. The molecule has 114 valence electrons. The zero-order valence-corrected chi connectivity index (χ0v) is 15.0. The highest BCUT2D eigenvalue weighted by Gasteiger charge is 2.11. The molecule has 1 N–H and O–H groups in total. The van der Waals surface area contributed by atoms with Gasteiger partial charge < -0.3 is 5.32 Å². The predicted octanol–water partition coefficient (Wildman–Crippen LogP) is 4.92. The molecule has 0 saturated carbocycles. The molecule has 2 aromatic carbocycles. The number of hydrogen-bond donors (Lipinski definition) is 1. The summed E-state index contributed by atoms with van der Waals surface area (Å²) in [5.41, 5.74) is 2.23. The van der Waals surface area contributed by atoms with E-state index in [1.54, 1.807) is 12.1 Å². The predicted molar refractivity (Wildman–Crippen MR) is 97.3 cm³/mol. The van der Waals surface area contributed by atoms with Crippen molar-refractivity contribution in [3.63, 3.8) is 0 Å². The second-order valence-corrected chi connectivity index (χ2v) is 6.50. The van der Waals surface area contributed by atoms with Crippen LogP contribution in [0, 0.1) is 0 Å². The first-order valence-corrected chi connectivity index (χ1v) is 8.36. The van der Waals surface area contributed by atoms with Gasteiger partial charge in [-0.25, -0.2) is 9.97 Å². The molecule has 1 aromatic heterocycles. The van der Waals surface area contributed by atoms with E-state index >= 15 is 0 Å². The molecule has 0 spiro atoms. The van der Waals surface area contributed by atoms with Crippen molar-refractivity contribution >= 4 is 43.6 Å². The number of anilines is 1. The summed E-state index contributed by atoms with van der Waals surface area (Å²) in [6.45, 7) is 0. The summed E-state index contributed by atoms with van der Waals surface area (Å²) in [6, 6.07) is 16.8. The lowest BCUT2D eigenvalue weighted by molar-refractivity contribution is 0.102. The van der Waals surface area contributed by atoms with Gasteiger partial charge in [0.15, 0.2) is 0 Å². The number of halogens is 2. The van der Waals surface area contributed by atoms with Crippen LogP contribution in [-0.4, -0.2) is 15.9 Å². The van der Waals surface area contributed by atoms with Gasteiger partial charge in [0.25, 0.3) is 5.91 Å². The van der Waals surface area contributed by atoms with Gasteiger partial charge in [0.1, 0.15) is 12.1 Å². The zero-order chi connectivity index (χ0) is 16.2. The highest BCUT2D eigenvalue weighted by atomic mass is 79.9. The molecule has 0 unspecified atom stereocenters. The lowest BCUT2D eigenvalue weighted by Crippen LogP contribution is -2.13.